The predicted octanol–water partition coefficient (Wildman–Crippen LogP) is 4.67. The molecule has 1 aliphatic rings. The van der Waals surface area contributed by atoms with Gasteiger partial charge in [-0.15, -0.1) is 0 Å². The first kappa shape index (κ1) is 13.4. The fourth-order valence-electron chi connectivity index (χ4n) is 2.61. The highest BCUT2D eigenvalue weighted by molar-refractivity contribution is 9.10. The number of benzene rings is 1. The highest BCUT2D eigenvalue weighted by atomic mass is 79.9. The Morgan fingerprint density at radius 3 is 2.94 bits per heavy atom. The van der Waals surface area contributed by atoms with Crippen molar-refractivity contribution < 1.29 is 4.74 Å². The topological polar surface area (TPSA) is 33.0 Å². The van der Waals surface area contributed by atoms with E-state index in [1.165, 1.54) is 19.3 Å². The van der Waals surface area contributed by atoms with Crippen LogP contribution in [0.2, 0.25) is 0 Å². The summed E-state index contributed by atoms with van der Waals surface area (Å²) in [6, 6.07) is 7.72. The Balaban J connectivity index is 2.05. The van der Waals surface area contributed by atoms with E-state index in [1.54, 1.807) is 0 Å². The number of nitriles is 1. The standard InChI is InChI=1S/C15H18BrNO/c1-2-11-4-3-5-14(7-11)18-15-8-12(10-17)6-13(16)9-15/h6,8-9,11,14H,2-5,7H2,1H3. The summed E-state index contributed by atoms with van der Waals surface area (Å²) in [5.74, 6) is 1.61. The molecule has 0 amide bonds. The van der Waals surface area contributed by atoms with E-state index in [1.807, 2.05) is 18.2 Å². The van der Waals surface area contributed by atoms with Crippen molar-refractivity contribution >= 4 is 15.9 Å². The molecule has 2 atom stereocenters. The molecule has 1 aromatic carbocycles. The average molecular weight is 308 g/mol. The molecule has 1 fully saturated rings. The first-order valence-corrected chi connectivity index (χ1v) is 7.38. The van der Waals surface area contributed by atoms with Crippen molar-refractivity contribution in [3.8, 4) is 11.8 Å². The summed E-state index contributed by atoms with van der Waals surface area (Å²) in [7, 11) is 0. The van der Waals surface area contributed by atoms with Crippen LogP contribution in [0, 0.1) is 17.2 Å². The van der Waals surface area contributed by atoms with Crippen molar-refractivity contribution in [1.29, 1.82) is 5.26 Å². The maximum Gasteiger partial charge on any atom is 0.122 e. The summed E-state index contributed by atoms with van der Waals surface area (Å²) in [6.07, 6.45) is 6.41. The summed E-state index contributed by atoms with van der Waals surface area (Å²) in [4.78, 5) is 0. The maximum atomic E-state index is 8.95. The van der Waals surface area contributed by atoms with Crippen molar-refractivity contribution in [3.63, 3.8) is 0 Å². The number of hydrogen-bond acceptors (Lipinski definition) is 2. The number of ether oxygens (including phenoxy) is 1. The molecular weight excluding hydrogens is 290 g/mol. The minimum atomic E-state index is 0.310. The second kappa shape index (κ2) is 6.24. The van der Waals surface area contributed by atoms with Gasteiger partial charge >= 0.3 is 0 Å². The van der Waals surface area contributed by atoms with Crippen LogP contribution < -0.4 is 4.74 Å². The normalized spacial score (nSPS) is 23.4. The molecule has 1 aliphatic carbocycles. The second-order valence-corrected chi connectivity index (χ2v) is 5.88. The van der Waals surface area contributed by atoms with Crippen LogP contribution in [0.5, 0.6) is 5.75 Å². The Hall–Kier alpha value is -1.01. The lowest BCUT2D eigenvalue weighted by atomic mass is 9.85. The predicted molar refractivity (Wildman–Crippen MR) is 75.5 cm³/mol. The molecule has 3 heteroatoms. The second-order valence-electron chi connectivity index (χ2n) is 4.97. The van der Waals surface area contributed by atoms with Crippen molar-refractivity contribution in [2.75, 3.05) is 0 Å². The highest BCUT2D eigenvalue weighted by Gasteiger charge is 2.22. The molecule has 0 saturated heterocycles. The minimum absolute atomic E-state index is 0.310. The SMILES string of the molecule is CCC1CCCC(Oc2cc(Br)cc(C#N)c2)C1. The van der Waals surface area contributed by atoms with Gasteiger partial charge < -0.3 is 4.74 Å². The van der Waals surface area contributed by atoms with Crippen molar-refractivity contribution in [3.05, 3.63) is 28.2 Å². The van der Waals surface area contributed by atoms with E-state index < -0.39 is 0 Å². The van der Waals surface area contributed by atoms with Gasteiger partial charge in [-0.1, -0.05) is 35.7 Å². The maximum absolute atomic E-state index is 8.95. The van der Waals surface area contributed by atoms with Crippen LogP contribution >= 0.6 is 15.9 Å². The zero-order chi connectivity index (χ0) is 13.0. The summed E-state index contributed by atoms with van der Waals surface area (Å²) in [5, 5.41) is 8.95. The molecule has 0 heterocycles. The zero-order valence-electron chi connectivity index (χ0n) is 10.7. The molecule has 18 heavy (non-hydrogen) atoms. The van der Waals surface area contributed by atoms with E-state index in [-0.39, 0.29) is 0 Å². The lowest BCUT2D eigenvalue weighted by Crippen LogP contribution is -2.25. The molecular formula is C15H18BrNO. The molecule has 1 saturated carbocycles. The molecule has 0 radical (unpaired) electrons. The highest BCUT2D eigenvalue weighted by Crippen LogP contribution is 2.30. The third-order valence-electron chi connectivity index (χ3n) is 3.62. The smallest absolute Gasteiger partial charge is 0.122 e. The third kappa shape index (κ3) is 3.49. The molecule has 2 nitrogen and oxygen atoms in total. The van der Waals surface area contributed by atoms with Gasteiger partial charge in [-0.25, -0.2) is 0 Å². The summed E-state index contributed by atoms with van der Waals surface area (Å²) >= 11 is 3.41. The van der Waals surface area contributed by atoms with E-state index >= 15 is 0 Å². The van der Waals surface area contributed by atoms with Crippen LogP contribution in [0.4, 0.5) is 0 Å². The lowest BCUT2D eigenvalue weighted by molar-refractivity contribution is 0.122. The number of nitrogens with zero attached hydrogens (tertiary/aromatic N) is 1. The fraction of sp³-hybridized carbons (Fsp3) is 0.533. The van der Waals surface area contributed by atoms with Crippen molar-refractivity contribution in [2.24, 2.45) is 5.92 Å². The molecule has 0 aliphatic heterocycles. The number of rotatable bonds is 3. The van der Waals surface area contributed by atoms with Gasteiger partial charge in [-0.05, 0) is 43.4 Å². The monoisotopic (exact) mass is 307 g/mol. The molecule has 0 aromatic heterocycles. The number of hydrogen-bond donors (Lipinski definition) is 0. The van der Waals surface area contributed by atoms with Crippen LogP contribution in [0.25, 0.3) is 0 Å². The van der Waals surface area contributed by atoms with Crippen LogP contribution in [-0.4, -0.2) is 6.10 Å². The van der Waals surface area contributed by atoms with E-state index in [9.17, 15) is 0 Å². The molecule has 0 bridgehead atoms. The van der Waals surface area contributed by atoms with Gasteiger partial charge in [0.2, 0.25) is 0 Å². The van der Waals surface area contributed by atoms with Gasteiger partial charge in [-0.2, -0.15) is 5.26 Å². The Kier molecular flexibility index (Phi) is 4.66. The van der Waals surface area contributed by atoms with Crippen LogP contribution in [-0.2, 0) is 0 Å². The number of halogens is 1. The van der Waals surface area contributed by atoms with Gasteiger partial charge in [0.25, 0.3) is 0 Å². The average Bonchev–Trinajstić information content (AvgIpc) is 2.38. The first-order chi connectivity index (χ1) is 8.71. The quantitative estimate of drug-likeness (QED) is 0.813. The summed E-state index contributed by atoms with van der Waals surface area (Å²) < 4.78 is 6.93. The van der Waals surface area contributed by atoms with E-state index in [0.29, 0.717) is 11.7 Å². The zero-order valence-corrected chi connectivity index (χ0v) is 12.2. The van der Waals surface area contributed by atoms with E-state index in [0.717, 1.165) is 29.0 Å². The van der Waals surface area contributed by atoms with Crippen LogP contribution in [0.15, 0.2) is 22.7 Å². The first-order valence-electron chi connectivity index (χ1n) is 6.58. The molecule has 0 N–H and O–H groups in total. The summed E-state index contributed by atoms with van der Waals surface area (Å²) in [5.41, 5.74) is 0.641. The Labute approximate surface area is 117 Å². The van der Waals surface area contributed by atoms with E-state index in [4.69, 9.17) is 10.00 Å². The van der Waals surface area contributed by atoms with Crippen LogP contribution in [0.3, 0.4) is 0 Å². The Morgan fingerprint density at radius 2 is 2.22 bits per heavy atom. The largest absolute Gasteiger partial charge is 0.490 e. The summed E-state index contributed by atoms with van der Waals surface area (Å²) in [6.45, 7) is 2.25. The lowest BCUT2D eigenvalue weighted by Gasteiger charge is -2.29. The minimum Gasteiger partial charge on any atom is -0.490 e. The van der Waals surface area contributed by atoms with E-state index in [2.05, 4.69) is 28.9 Å². The fourth-order valence-corrected chi connectivity index (χ4v) is 3.08. The van der Waals surface area contributed by atoms with Gasteiger partial charge in [-0.3, -0.25) is 0 Å². The molecule has 0 spiro atoms. The van der Waals surface area contributed by atoms with Gasteiger partial charge in [0.1, 0.15) is 5.75 Å². The van der Waals surface area contributed by atoms with Gasteiger partial charge in [0.05, 0.1) is 17.7 Å². The van der Waals surface area contributed by atoms with Crippen molar-refractivity contribution in [1.82, 2.24) is 0 Å². The van der Waals surface area contributed by atoms with Gasteiger partial charge in [0, 0.05) is 4.47 Å². The molecule has 1 aromatic rings. The Bertz CT molecular complexity index is 452. The van der Waals surface area contributed by atoms with Crippen molar-refractivity contribution in [2.45, 2.75) is 45.1 Å². The Morgan fingerprint density at radius 1 is 1.39 bits per heavy atom. The third-order valence-corrected chi connectivity index (χ3v) is 4.07. The molecule has 2 unspecified atom stereocenters. The molecule has 96 valence electrons. The van der Waals surface area contributed by atoms with Gasteiger partial charge in [0.15, 0.2) is 0 Å². The molecule has 2 rings (SSSR count). The van der Waals surface area contributed by atoms with Crippen LogP contribution in [0.1, 0.15) is 44.6 Å².